The lowest BCUT2D eigenvalue weighted by Gasteiger charge is -2.33. The van der Waals surface area contributed by atoms with Gasteiger partial charge in [-0.1, -0.05) is 13.3 Å². The Morgan fingerprint density at radius 1 is 1.09 bits per heavy atom. The zero-order valence-corrected chi connectivity index (χ0v) is 14.2. The molecule has 1 saturated heterocycles. The molecule has 2 N–H and O–H groups in total. The van der Waals surface area contributed by atoms with Crippen LogP contribution in [0.3, 0.4) is 0 Å². The van der Waals surface area contributed by atoms with Gasteiger partial charge in [-0.25, -0.2) is 16.8 Å². The van der Waals surface area contributed by atoms with Crippen LogP contribution < -0.4 is 5.73 Å². The summed E-state index contributed by atoms with van der Waals surface area (Å²) in [6, 6.07) is 5.25. The van der Waals surface area contributed by atoms with Crippen LogP contribution in [0.5, 0.6) is 0 Å². The number of sulfonamides is 1. The first kappa shape index (κ1) is 17.4. The van der Waals surface area contributed by atoms with Gasteiger partial charge in [-0.2, -0.15) is 4.31 Å². The minimum absolute atomic E-state index is 0.0134. The fourth-order valence-corrected chi connectivity index (χ4v) is 5.24. The summed E-state index contributed by atoms with van der Waals surface area (Å²) in [5, 5.41) is 0. The Morgan fingerprint density at radius 3 is 2.23 bits per heavy atom. The number of rotatable bonds is 5. The number of hydrogen-bond donors (Lipinski definition) is 1. The van der Waals surface area contributed by atoms with E-state index in [1.807, 2.05) is 0 Å². The smallest absolute Gasteiger partial charge is 0.243 e. The zero-order chi connectivity index (χ0) is 16.4. The molecule has 0 aliphatic carbocycles. The van der Waals surface area contributed by atoms with Gasteiger partial charge in [0.15, 0.2) is 9.84 Å². The normalized spacial score (nSPS) is 20.9. The maximum atomic E-state index is 12.7. The molecule has 0 amide bonds. The van der Waals surface area contributed by atoms with Crippen molar-refractivity contribution in [3.8, 4) is 0 Å². The predicted molar refractivity (Wildman–Crippen MR) is 84.8 cm³/mol. The number of benzene rings is 1. The average Bonchev–Trinajstić information content (AvgIpc) is 2.54. The molecule has 22 heavy (non-hydrogen) atoms. The molecule has 1 aliphatic heterocycles. The summed E-state index contributed by atoms with van der Waals surface area (Å²) in [5.41, 5.74) is 5.68. The zero-order valence-electron chi connectivity index (χ0n) is 12.6. The molecular weight excluding hydrogens is 324 g/mol. The molecule has 124 valence electrons. The van der Waals surface area contributed by atoms with E-state index < -0.39 is 19.9 Å². The molecule has 1 fully saturated rings. The highest BCUT2D eigenvalue weighted by molar-refractivity contribution is 7.91. The first-order chi connectivity index (χ1) is 10.3. The highest BCUT2D eigenvalue weighted by Crippen LogP contribution is 2.25. The molecule has 1 aromatic carbocycles. The van der Waals surface area contributed by atoms with E-state index in [1.54, 1.807) is 6.92 Å². The molecule has 0 saturated carbocycles. The Hall–Kier alpha value is -0.960. The van der Waals surface area contributed by atoms with Crippen LogP contribution in [-0.2, 0) is 19.9 Å². The minimum atomic E-state index is -3.63. The van der Waals surface area contributed by atoms with Crippen LogP contribution in [0.25, 0.3) is 0 Å². The highest BCUT2D eigenvalue weighted by atomic mass is 32.2. The Morgan fingerprint density at radius 2 is 1.68 bits per heavy atom. The quantitative estimate of drug-likeness (QED) is 0.857. The van der Waals surface area contributed by atoms with Gasteiger partial charge < -0.3 is 5.73 Å². The van der Waals surface area contributed by atoms with Crippen LogP contribution in [0, 0.1) is 0 Å². The number of sulfone groups is 1. The molecule has 0 unspecified atom stereocenters. The fraction of sp³-hybridized carbons (Fsp3) is 0.571. The first-order valence-electron chi connectivity index (χ1n) is 7.37. The van der Waals surface area contributed by atoms with Crippen molar-refractivity contribution in [1.29, 1.82) is 0 Å². The second-order valence-corrected chi connectivity index (χ2v) is 9.54. The summed E-state index contributed by atoms with van der Waals surface area (Å²) in [6.45, 7) is 2.31. The van der Waals surface area contributed by atoms with E-state index >= 15 is 0 Å². The fourth-order valence-electron chi connectivity index (χ4n) is 2.65. The van der Waals surface area contributed by atoms with Crippen LogP contribution in [0.1, 0.15) is 26.2 Å². The third-order valence-corrected chi connectivity index (χ3v) is 7.73. The van der Waals surface area contributed by atoms with Gasteiger partial charge in [0.2, 0.25) is 10.0 Å². The van der Waals surface area contributed by atoms with E-state index in [0.29, 0.717) is 13.1 Å². The van der Waals surface area contributed by atoms with Crippen molar-refractivity contribution < 1.29 is 16.8 Å². The van der Waals surface area contributed by atoms with Crippen molar-refractivity contribution in [2.45, 2.75) is 42.0 Å². The van der Waals surface area contributed by atoms with E-state index in [4.69, 9.17) is 5.73 Å². The topological polar surface area (TPSA) is 97.5 Å². The van der Waals surface area contributed by atoms with Gasteiger partial charge in [-0.15, -0.1) is 0 Å². The number of hydrogen-bond acceptors (Lipinski definition) is 5. The molecule has 1 atom stereocenters. The maximum Gasteiger partial charge on any atom is 0.243 e. The van der Waals surface area contributed by atoms with Gasteiger partial charge in [0.05, 0.1) is 15.5 Å². The SMILES string of the molecule is CCS(=O)(=O)c1ccc(S(=O)(=O)N2CCCC[C@H]2CN)cc1. The third-order valence-electron chi connectivity index (χ3n) is 4.01. The predicted octanol–water partition coefficient (Wildman–Crippen LogP) is 0.982. The Bertz CT molecular complexity index is 712. The van der Waals surface area contributed by atoms with E-state index in [-0.39, 0.29) is 21.6 Å². The van der Waals surface area contributed by atoms with Crippen LogP contribution in [0.4, 0.5) is 0 Å². The van der Waals surface area contributed by atoms with Crippen molar-refractivity contribution >= 4 is 19.9 Å². The van der Waals surface area contributed by atoms with Crippen molar-refractivity contribution in [1.82, 2.24) is 4.31 Å². The molecule has 2 rings (SSSR count). The van der Waals surface area contributed by atoms with Gasteiger partial charge in [0.25, 0.3) is 0 Å². The number of piperidine rings is 1. The van der Waals surface area contributed by atoms with Crippen molar-refractivity contribution in [2.75, 3.05) is 18.8 Å². The highest BCUT2D eigenvalue weighted by Gasteiger charge is 2.32. The lowest BCUT2D eigenvalue weighted by Crippen LogP contribution is -2.47. The Labute approximate surface area is 132 Å². The number of nitrogens with zero attached hydrogens (tertiary/aromatic N) is 1. The minimum Gasteiger partial charge on any atom is -0.329 e. The van der Waals surface area contributed by atoms with Crippen LogP contribution >= 0.6 is 0 Å². The molecule has 0 bridgehead atoms. The standard InChI is InChI=1S/C14H22N2O4S2/c1-2-21(17,18)13-6-8-14(9-7-13)22(19,20)16-10-4-3-5-12(16)11-15/h6-9,12H,2-5,10-11,15H2,1H3/t12-/m0/s1. The van der Waals surface area contributed by atoms with Crippen molar-refractivity contribution in [3.05, 3.63) is 24.3 Å². The van der Waals surface area contributed by atoms with Crippen LogP contribution in [-0.4, -0.2) is 46.0 Å². The van der Waals surface area contributed by atoms with Gasteiger partial charge in [-0.3, -0.25) is 0 Å². The monoisotopic (exact) mass is 346 g/mol. The summed E-state index contributed by atoms with van der Waals surface area (Å²) < 4.78 is 50.4. The molecule has 1 heterocycles. The van der Waals surface area contributed by atoms with E-state index in [1.165, 1.54) is 28.6 Å². The second kappa shape index (κ2) is 6.66. The van der Waals surface area contributed by atoms with E-state index in [2.05, 4.69) is 0 Å². The maximum absolute atomic E-state index is 12.7. The van der Waals surface area contributed by atoms with Crippen molar-refractivity contribution in [2.24, 2.45) is 5.73 Å². The Kier molecular flexibility index (Phi) is 5.26. The van der Waals surface area contributed by atoms with E-state index in [0.717, 1.165) is 19.3 Å². The molecule has 8 heteroatoms. The molecule has 1 aromatic rings. The molecule has 0 aromatic heterocycles. The molecule has 0 radical (unpaired) electrons. The van der Waals surface area contributed by atoms with Gasteiger partial charge in [0, 0.05) is 19.1 Å². The summed E-state index contributed by atoms with van der Waals surface area (Å²) in [7, 11) is -6.96. The summed E-state index contributed by atoms with van der Waals surface area (Å²) in [5.74, 6) is -0.0134. The van der Waals surface area contributed by atoms with Crippen LogP contribution in [0.15, 0.2) is 34.1 Å². The van der Waals surface area contributed by atoms with E-state index in [9.17, 15) is 16.8 Å². The van der Waals surface area contributed by atoms with Gasteiger partial charge >= 0.3 is 0 Å². The molecule has 6 nitrogen and oxygen atoms in total. The largest absolute Gasteiger partial charge is 0.329 e. The van der Waals surface area contributed by atoms with Crippen molar-refractivity contribution in [3.63, 3.8) is 0 Å². The average molecular weight is 346 g/mol. The third kappa shape index (κ3) is 3.34. The summed E-state index contributed by atoms with van der Waals surface area (Å²) in [6.07, 6.45) is 2.55. The molecular formula is C14H22N2O4S2. The summed E-state index contributed by atoms with van der Waals surface area (Å²) in [4.78, 5) is 0.255. The lowest BCUT2D eigenvalue weighted by atomic mass is 10.1. The Balaban J connectivity index is 2.34. The summed E-state index contributed by atoms with van der Waals surface area (Å²) >= 11 is 0. The second-order valence-electron chi connectivity index (χ2n) is 5.38. The number of nitrogens with two attached hydrogens (primary N) is 1. The molecule has 1 aliphatic rings. The first-order valence-corrected chi connectivity index (χ1v) is 10.5. The van der Waals surface area contributed by atoms with Crippen LogP contribution in [0.2, 0.25) is 0 Å². The lowest BCUT2D eigenvalue weighted by molar-refractivity contribution is 0.257. The van der Waals surface area contributed by atoms with Gasteiger partial charge in [-0.05, 0) is 37.1 Å². The van der Waals surface area contributed by atoms with Gasteiger partial charge in [0.1, 0.15) is 0 Å². The molecule has 0 spiro atoms.